The van der Waals surface area contributed by atoms with Crippen LogP contribution in [-0.4, -0.2) is 89.5 Å². The number of amides is 1. The average molecular weight is 685 g/mol. The van der Waals surface area contributed by atoms with Gasteiger partial charge in [-0.3, -0.25) is 14.9 Å². The summed E-state index contributed by atoms with van der Waals surface area (Å²) in [6.45, 7) is 7.29. The van der Waals surface area contributed by atoms with Crippen LogP contribution in [0.15, 0.2) is 35.5 Å². The number of hydrogen-bond donors (Lipinski definition) is 0. The van der Waals surface area contributed by atoms with Gasteiger partial charge in [-0.2, -0.15) is 9.97 Å². The Labute approximate surface area is 288 Å². The number of halogens is 2. The molecule has 7 rings (SSSR count). The smallest absolute Gasteiger partial charge is 0.410 e. The monoisotopic (exact) mass is 684 g/mol. The minimum Gasteiger partial charge on any atom is -0.468 e. The molecule has 0 unspecified atom stereocenters. The number of methoxy groups -OCH3 is 1. The Balaban J connectivity index is 1.34. The Bertz CT molecular complexity index is 2040. The van der Waals surface area contributed by atoms with Crippen LogP contribution in [0.4, 0.5) is 19.4 Å². The van der Waals surface area contributed by atoms with Crippen LogP contribution in [0, 0.1) is 24.0 Å². The molecule has 3 aliphatic rings. The van der Waals surface area contributed by atoms with Crippen LogP contribution >= 0.6 is 0 Å². The second kappa shape index (κ2) is 13.3. The van der Waals surface area contributed by atoms with E-state index < -0.39 is 17.2 Å². The topological polar surface area (TPSA) is 112 Å². The summed E-state index contributed by atoms with van der Waals surface area (Å²) in [6, 6.07) is 5.79. The summed E-state index contributed by atoms with van der Waals surface area (Å²) in [4.78, 5) is 35.4. The molecule has 0 N–H and O–H groups in total. The van der Waals surface area contributed by atoms with E-state index >= 15 is 8.78 Å². The van der Waals surface area contributed by atoms with Crippen LogP contribution in [0.25, 0.3) is 32.9 Å². The van der Waals surface area contributed by atoms with Crippen molar-refractivity contribution in [3.8, 4) is 35.4 Å². The first-order valence-corrected chi connectivity index (χ1v) is 16.7. The van der Waals surface area contributed by atoms with Gasteiger partial charge in [0, 0.05) is 49.6 Å². The second-order valence-corrected chi connectivity index (χ2v) is 13.7. The van der Waals surface area contributed by atoms with Crippen molar-refractivity contribution in [3.63, 3.8) is 0 Å². The van der Waals surface area contributed by atoms with E-state index in [1.54, 1.807) is 18.2 Å². The fourth-order valence-electron chi connectivity index (χ4n) is 7.02. The lowest BCUT2D eigenvalue weighted by Crippen LogP contribution is -2.57. The van der Waals surface area contributed by atoms with Crippen LogP contribution < -0.4 is 14.4 Å². The molecule has 2 aromatic carbocycles. The number of carbonyl (C=O) groups is 1. The molecule has 13 heteroatoms. The zero-order chi connectivity index (χ0) is 35.2. The van der Waals surface area contributed by atoms with E-state index in [0.29, 0.717) is 40.8 Å². The molecule has 50 heavy (non-hydrogen) atoms. The van der Waals surface area contributed by atoms with Crippen molar-refractivity contribution in [2.75, 3.05) is 45.0 Å². The van der Waals surface area contributed by atoms with Crippen LogP contribution in [-0.2, 0) is 9.47 Å². The molecule has 2 saturated heterocycles. The molecule has 2 bridgehead atoms. The lowest BCUT2D eigenvalue weighted by Gasteiger charge is -2.42. The first-order valence-electron chi connectivity index (χ1n) is 16.7. The number of piperazine rings is 1. The van der Waals surface area contributed by atoms with Crippen LogP contribution in [0.1, 0.15) is 52.0 Å². The van der Waals surface area contributed by atoms with Crippen molar-refractivity contribution in [2.24, 2.45) is 4.99 Å². The summed E-state index contributed by atoms with van der Waals surface area (Å²) >= 11 is 0. The van der Waals surface area contributed by atoms with E-state index in [0.717, 1.165) is 37.9 Å². The lowest BCUT2D eigenvalue weighted by atomic mass is 9.95. The van der Waals surface area contributed by atoms with Crippen molar-refractivity contribution < 1.29 is 32.5 Å². The quantitative estimate of drug-likeness (QED) is 0.156. The molecular weight excluding hydrogens is 646 g/mol. The molecule has 0 spiro atoms. The molecule has 0 radical (unpaired) electrons. The molecule has 4 aromatic rings. The third kappa shape index (κ3) is 6.35. The summed E-state index contributed by atoms with van der Waals surface area (Å²) in [5.74, 6) is 1.83. The fraction of sp³-hybridized carbons (Fsp3) is 0.432. The number of terminal acetylenes is 1. The fourth-order valence-corrected chi connectivity index (χ4v) is 7.02. The van der Waals surface area contributed by atoms with Gasteiger partial charge in [0.1, 0.15) is 40.8 Å². The molecule has 2 aromatic heterocycles. The van der Waals surface area contributed by atoms with Gasteiger partial charge in [0.05, 0.1) is 23.0 Å². The van der Waals surface area contributed by atoms with Gasteiger partial charge in [-0.15, -0.1) is 6.42 Å². The Morgan fingerprint density at radius 3 is 2.56 bits per heavy atom. The summed E-state index contributed by atoms with van der Waals surface area (Å²) in [7, 11) is 1.48. The minimum atomic E-state index is -0.762. The molecule has 260 valence electrons. The lowest BCUT2D eigenvalue weighted by molar-refractivity contribution is 0.0122. The maximum atomic E-state index is 17.0. The van der Waals surface area contributed by atoms with Crippen LogP contribution in [0.3, 0.4) is 0 Å². The number of carbonyl (C=O) groups excluding carboxylic acids is 1. The molecule has 1 amide bonds. The Kier molecular flexibility index (Phi) is 8.90. The standard InChI is InChI=1S/C37H38F2N6O5/c1-6-26-29(38)12-9-21-14-25(49-20-47-5)15-27(30(21)26)32-31(39)33-28(16-41-32)34(43-35(42-33)48-19-22-8-7-13-40-22)44-17-23-10-11-24(18-44)45(23)36(46)50-37(2,3)4/h1,9,12,14-16,23-24H,7-8,10-11,13,17-20H2,2-5H3/t23-,24+. The minimum absolute atomic E-state index is 0.0162. The Hall–Kier alpha value is -5.09. The van der Waals surface area contributed by atoms with Crippen molar-refractivity contribution in [3.05, 3.63) is 47.7 Å². The number of nitrogens with zero attached hydrogens (tertiary/aromatic N) is 6. The summed E-state index contributed by atoms with van der Waals surface area (Å²) in [5.41, 5.74) is 0.338. The van der Waals surface area contributed by atoms with Gasteiger partial charge in [-0.25, -0.2) is 13.6 Å². The maximum absolute atomic E-state index is 17.0. The number of hydrogen-bond acceptors (Lipinski definition) is 10. The number of rotatable bonds is 8. The van der Waals surface area contributed by atoms with E-state index in [-0.39, 0.29) is 59.9 Å². The molecule has 0 aliphatic carbocycles. The van der Waals surface area contributed by atoms with Crippen molar-refractivity contribution in [1.82, 2.24) is 19.9 Å². The number of fused-ring (bicyclic) bond motifs is 4. The summed E-state index contributed by atoms with van der Waals surface area (Å²) < 4.78 is 54.6. The highest BCUT2D eigenvalue weighted by Crippen LogP contribution is 2.40. The summed E-state index contributed by atoms with van der Waals surface area (Å²) in [5, 5.41) is 1.21. The van der Waals surface area contributed by atoms with Gasteiger partial charge in [0.15, 0.2) is 12.6 Å². The molecular formula is C37H38F2N6O5. The number of ether oxygens (including phenoxy) is 4. The highest BCUT2D eigenvalue weighted by Gasteiger charge is 2.45. The number of aliphatic imine (C=N–C) groups is 1. The second-order valence-electron chi connectivity index (χ2n) is 13.7. The zero-order valence-electron chi connectivity index (χ0n) is 28.5. The maximum Gasteiger partial charge on any atom is 0.410 e. The number of pyridine rings is 1. The highest BCUT2D eigenvalue weighted by atomic mass is 19.1. The van der Waals surface area contributed by atoms with Crippen molar-refractivity contribution in [2.45, 2.75) is 64.1 Å². The van der Waals surface area contributed by atoms with Gasteiger partial charge in [-0.05, 0) is 70.0 Å². The molecule has 2 atom stereocenters. The summed E-state index contributed by atoms with van der Waals surface area (Å²) in [6.07, 6.45) is 10.3. The van der Waals surface area contributed by atoms with Gasteiger partial charge >= 0.3 is 12.1 Å². The molecule has 11 nitrogen and oxygen atoms in total. The predicted molar refractivity (Wildman–Crippen MR) is 185 cm³/mol. The molecule has 2 fully saturated rings. The third-order valence-electron chi connectivity index (χ3n) is 9.14. The zero-order valence-corrected chi connectivity index (χ0v) is 28.5. The molecule has 0 saturated carbocycles. The molecule has 5 heterocycles. The van der Waals surface area contributed by atoms with Crippen LogP contribution in [0.2, 0.25) is 0 Å². The largest absolute Gasteiger partial charge is 0.468 e. The first-order chi connectivity index (χ1) is 24.0. The normalized spacial score (nSPS) is 18.8. The number of anilines is 1. The van der Waals surface area contributed by atoms with E-state index in [1.165, 1.54) is 19.4 Å². The predicted octanol–water partition coefficient (Wildman–Crippen LogP) is 6.29. The number of benzene rings is 2. The first kappa shape index (κ1) is 33.4. The van der Waals surface area contributed by atoms with Crippen molar-refractivity contribution in [1.29, 1.82) is 0 Å². The average Bonchev–Trinajstić information content (AvgIpc) is 3.70. The van der Waals surface area contributed by atoms with E-state index in [1.807, 2.05) is 30.6 Å². The van der Waals surface area contributed by atoms with Gasteiger partial charge < -0.3 is 23.8 Å². The van der Waals surface area contributed by atoms with E-state index in [4.69, 9.17) is 30.4 Å². The number of aromatic nitrogens is 3. The van der Waals surface area contributed by atoms with E-state index in [2.05, 4.69) is 20.9 Å². The van der Waals surface area contributed by atoms with Crippen LogP contribution in [0.5, 0.6) is 11.8 Å². The van der Waals surface area contributed by atoms with Gasteiger partial charge in [-0.1, -0.05) is 12.0 Å². The van der Waals surface area contributed by atoms with Gasteiger partial charge in [0.2, 0.25) is 0 Å². The SMILES string of the molecule is C#Cc1c(F)ccc2cc(OCOC)cc(-c3ncc4c(N5C[C@H]6CC[C@@H](C5)N6C(=O)OC(C)(C)C)nc(OCC5=NCCC5)nc4c3F)c12. The van der Waals surface area contributed by atoms with E-state index in [9.17, 15) is 4.79 Å². The third-order valence-corrected chi connectivity index (χ3v) is 9.14. The molecule has 3 aliphatic heterocycles. The Morgan fingerprint density at radius 2 is 1.88 bits per heavy atom. The highest BCUT2D eigenvalue weighted by molar-refractivity contribution is 6.03. The van der Waals surface area contributed by atoms with Crippen molar-refractivity contribution >= 4 is 39.3 Å². The Morgan fingerprint density at radius 1 is 1.10 bits per heavy atom. The van der Waals surface area contributed by atoms with Gasteiger partial charge in [0.25, 0.3) is 0 Å².